The van der Waals surface area contributed by atoms with Crippen LogP contribution in [0.25, 0.3) is 0 Å². The van der Waals surface area contributed by atoms with E-state index >= 15 is 0 Å². The summed E-state index contributed by atoms with van der Waals surface area (Å²) in [5, 5.41) is 0.295. The number of ether oxygens (including phenoxy) is 1. The van der Waals surface area contributed by atoms with E-state index in [0.29, 0.717) is 30.1 Å². The van der Waals surface area contributed by atoms with Gasteiger partial charge < -0.3 is 4.74 Å². The predicted molar refractivity (Wildman–Crippen MR) is 75.8 cm³/mol. The molecule has 1 fully saturated rings. The van der Waals surface area contributed by atoms with Crippen LogP contribution in [-0.4, -0.2) is 22.8 Å². The van der Waals surface area contributed by atoms with Crippen LogP contribution in [0.2, 0.25) is 5.15 Å². The molecule has 4 nitrogen and oxygen atoms in total. The Labute approximate surface area is 118 Å². The van der Waals surface area contributed by atoms with Crippen LogP contribution in [0.5, 0.6) is 0 Å². The highest BCUT2D eigenvalue weighted by Gasteiger charge is 2.28. The van der Waals surface area contributed by atoms with Crippen molar-refractivity contribution in [2.24, 2.45) is 5.92 Å². The molecule has 19 heavy (non-hydrogen) atoms. The lowest BCUT2D eigenvalue weighted by Gasteiger charge is -2.12. The van der Waals surface area contributed by atoms with Crippen molar-refractivity contribution in [1.29, 1.82) is 0 Å². The molecule has 0 radical (unpaired) electrons. The smallest absolute Gasteiger partial charge is 0.255 e. The highest BCUT2D eigenvalue weighted by molar-refractivity contribution is 6.29. The third-order valence-electron chi connectivity index (χ3n) is 3.25. The standard InChI is InChI=1S/C14H21ClN2O2/c1-10(2)5-7-19-8-6-17-13(18)9-12(15)16-14(17)11-3-4-11/h9-11H,3-8H2,1-2H3. The minimum atomic E-state index is -0.0747. The maximum absolute atomic E-state index is 11.9. The molecule has 0 aromatic carbocycles. The molecule has 0 atom stereocenters. The van der Waals surface area contributed by atoms with E-state index in [1.807, 2.05) is 0 Å². The molecule has 0 saturated heterocycles. The van der Waals surface area contributed by atoms with Crippen LogP contribution >= 0.6 is 11.6 Å². The van der Waals surface area contributed by atoms with Crippen LogP contribution in [0, 0.1) is 5.92 Å². The molecule has 1 saturated carbocycles. The molecule has 0 bridgehead atoms. The fourth-order valence-corrected chi connectivity index (χ4v) is 2.13. The van der Waals surface area contributed by atoms with Gasteiger partial charge in [-0.1, -0.05) is 25.4 Å². The monoisotopic (exact) mass is 284 g/mol. The molecule has 1 heterocycles. The fraction of sp³-hybridized carbons (Fsp3) is 0.714. The first-order valence-corrected chi connectivity index (χ1v) is 7.30. The summed E-state index contributed by atoms with van der Waals surface area (Å²) >= 11 is 5.86. The second-order valence-electron chi connectivity index (χ2n) is 5.50. The van der Waals surface area contributed by atoms with Crippen molar-refractivity contribution in [1.82, 2.24) is 9.55 Å². The van der Waals surface area contributed by atoms with E-state index in [9.17, 15) is 4.79 Å². The summed E-state index contributed by atoms with van der Waals surface area (Å²) in [6.07, 6.45) is 3.24. The SMILES string of the molecule is CC(C)CCOCCn1c(C2CC2)nc(Cl)cc1=O. The molecule has 2 rings (SSSR count). The highest BCUT2D eigenvalue weighted by atomic mass is 35.5. The van der Waals surface area contributed by atoms with Crippen molar-refractivity contribution in [3.63, 3.8) is 0 Å². The van der Waals surface area contributed by atoms with Gasteiger partial charge in [0.05, 0.1) is 13.2 Å². The Morgan fingerprint density at radius 1 is 1.47 bits per heavy atom. The second-order valence-corrected chi connectivity index (χ2v) is 5.88. The van der Waals surface area contributed by atoms with Crippen molar-refractivity contribution in [2.75, 3.05) is 13.2 Å². The summed E-state index contributed by atoms with van der Waals surface area (Å²) in [4.78, 5) is 16.2. The molecule has 1 aliphatic carbocycles. The van der Waals surface area contributed by atoms with Gasteiger partial charge in [0.1, 0.15) is 11.0 Å². The first kappa shape index (κ1) is 14.5. The normalized spacial score (nSPS) is 15.2. The Balaban J connectivity index is 1.94. The van der Waals surface area contributed by atoms with Gasteiger partial charge >= 0.3 is 0 Å². The Morgan fingerprint density at radius 2 is 2.21 bits per heavy atom. The molecule has 0 spiro atoms. The molecule has 0 N–H and O–H groups in total. The average Bonchev–Trinajstić information content (AvgIpc) is 3.14. The first-order valence-electron chi connectivity index (χ1n) is 6.93. The van der Waals surface area contributed by atoms with E-state index in [-0.39, 0.29) is 5.56 Å². The van der Waals surface area contributed by atoms with E-state index in [1.54, 1.807) is 4.57 Å². The number of nitrogens with zero attached hydrogens (tertiary/aromatic N) is 2. The summed E-state index contributed by atoms with van der Waals surface area (Å²) in [6, 6.07) is 1.38. The van der Waals surface area contributed by atoms with Crippen LogP contribution < -0.4 is 5.56 Å². The zero-order valence-electron chi connectivity index (χ0n) is 11.6. The molecule has 1 aliphatic rings. The summed E-state index contributed by atoms with van der Waals surface area (Å²) in [5.74, 6) is 1.87. The summed E-state index contributed by atoms with van der Waals surface area (Å²) in [7, 11) is 0. The van der Waals surface area contributed by atoms with Gasteiger partial charge in [-0.2, -0.15) is 0 Å². The minimum absolute atomic E-state index is 0.0747. The molecule has 0 unspecified atom stereocenters. The Hall–Kier alpha value is -0.870. The van der Waals surface area contributed by atoms with Crippen LogP contribution in [0.15, 0.2) is 10.9 Å². The summed E-state index contributed by atoms with van der Waals surface area (Å²) in [6.45, 7) is 6.19. The van der Waals surface area contributed by atoms with Crippen molar-refractivity contribution in [3.8, 4) is 0 Å². The molecule has 106 valence electrons. The molecular weight excluding hydrogens is 264 g/mol. The van der Waals surface area contributed by atoms with Crippen molar-refractivity contribution >= 4 is 11.6 Å². The second kappa shape index (κ2) is 6.53. The predicted octanol–water partition coefficient (Wildman–Crippen LogP) is 2.84. The molecular formula is C14H21ClN2O2. The minimum Gasteiger partial charge on any atom is -0.380 e. The number of aromatic nitrogens is 2. The molecule has 1 aromatic heterocycles. The molecule has 5 heteroatoms. The van der Waals surface area contributed by atoms with Crippen LogP contribution in [-0.2, 0) is 11.3 Å². The van der Waals surface area contributed by atoms with E-state index in [4.69, 9.17) is 16.3 Å². The van der Waals surface area contributed by atoms with Gasteiger partial charge in [-0.3, -0.25) is 9.36 Å². The van der Waals surface area contributed by atoms with Gasteiger partial charge in [0.15, 0.2) is 0 Å². The van der Waals surface area contributed by atoms with Crippen LogP contribution in [0.3, 0.4) is 0 Å². The summed E-state index contributed by atoms with van der Waals surface area (Å²) < 4.78 is 7.28. The van der Waals surface area contributed by atoms with Gasteiger partial charge in [0.25, 0.3) is 5.56 Å². The zero-order chi connectivity index (χ0) is 13.8. The molecule has 0 amide bonds. The van der Waals surface area contributed by atoms with Crippen LogP contribution in [0.4, 0.5) is 0 Å². The number of rotatable bonds is 7. The largest absolute Gasteiger partial charge is 0.380 e. The number of hydrogen-bond donors (Lipinski definition) is 0. The first-order chi connectivity index (χ1) is 9.08. The van der Waals surface area contributed by atoms with Gasteiger partial charge in [-0.15, -0.1) is 0 Å². The van der Waals surface area contributed by atoms with Gasteiger partial charge in [-0.05, 0) is 25.2 Å². The van der Waals surface area contributed by atoms with E-state index in [2.05, 4.69) is 18.8 Å². The Morgan fingerprint density at radius 3 is 2.84 bits per heavy atom. The number of hydrogen-bond acceptors (Lipinski definition) is 3. The maximum Gasteiger partial charge on any atom is 0.255 e. The van der Waals surface area contributed by atoms with Gasteiger partial charge in [-0.25, -0.2) is 4.98 Å². The van der Waals surface area contributed by atoms with Gasteiger partial charge in [0.2, 0.25) is 0 Å². The lowest BCUT2D eigenvalue weighted by Crippen LogP contribution is -2.26. The molecule has 0 aliphatic heterocycles. The maximum atomic E-state index is 11.9. The van der Waals surface area contributed by atoms with E-state index in [1.165, 1.54) is 6.07 Å². The quantitative estimate of drug-likeness (QED) is 0.571. The van der Waals surface area contributed by atoms with Crippen LogP contribution in [0.1, 0.15) is 44.9 Å². The highest BCUT2D eigenvalue weighted by Crippen LogP contribution is 2.38. The zero-order valence-corrected chi connectivity index (χ0v) is 12.3. The third-order valence-corrected chi connectivity index (χ3v) is 3.44. The van der Waals surface area contributed by atoms with E-state index < -0.39 is 0 Å². The average molecular weight is 285 g/mol. The lowest BCUT2D eigenvalue weighted by molar-refractivity contribution is 0.115. The van der Waals surface area contributed by atoms with Crippen molar-refractivity contribution in [2.45, 2.75) is 45.6 Å². The Bertz CT molecular complexity index is 481. The third kappa shape index (κ3) is 4.32. The molecule has 1 aromatic rings. The van der Waals surface area contributed by atoms with Gasteiger partial charge in [0, 0.05) is 18.6 Å². The number of halogens is 1. The summed E-state index contributed by atoms with van der Waals surface area (Å²) in [5.41, 5.74) is -0.0747. The topological polar surface area (TPSA) is 44.1 Å². The van der Waals surface area contributed by atoms with Crippen molar-refractivity contribution in [3.05, 3.63) is 27.4 Å². The Kier molecular flexibility index (Phi) is 4.99. The fourth-order valence-electron chi connectivity index (χ4n) is 1.95. The lowest BCUT2D eigenvalue weighted by atomic mass is 10.1. The van der Waals surface area contributed by atoms with Crippen molar-refractivity contribution < 1.29 is 4.74 Å². The van der Waals surface area contributed by atoms with E-state index in [0.717, 1.165) is 31.7 Å².